The van der Waals surface area contributed by atoms with E-state index in [-0.39, 0.29) is 4.90 Å². The van der Waals surface area contributed by atoms with Gasteiger partial charge in [0.25, 0.3) is 10.1 Å². The Kier molecular flexibility index (Phi) is 4.57. The van der Waals surface area contributed by atoms with Gasteiger partial charge in [-0.15, -0.1) is 0 Å². The van der Waals surface area contributed by atoms with Crippen LogP contribution in [0, 0.1) is 0 Å². The summed E-state index contributed by atoms with van der Waals surface area (Å²) in [4.78, 5) is 2.26. The highest BCUT2D eigenvalue weighted by atomic mass is 32.2. The van der Waals surface area contributed by atoms with Crippen LogP contribution >= 0.6 is 0 Å². The van der Waals surface area contributed by atoms with Crippen LogP contribution in [0.15, 0.2) is 41.3 Å². The molecule has 1 N–H and O–H groups in total. The summed E-state index contributed by atoms with van der Waals surface area (Å²) in [7, 11) is -2.04. The molecule has 0 radical (unpaired) electrons. The number of benzene rings is 2. The lowest BCUT2D eigenvalue weighted by Crippen LogP contribution is -2.26. The van der Waals surface area contributed by atoms with Crippen LogP contribution in [0.4, 0.5) is 0 Å². The number of hydrogen-bond acceptors (Lipinski definition) is 4. The van der Waals surface area contributed by atoms with Crippen LogP contribution in [0.2, 0.25) is 0 Å². The van der Waals surface area contributed by atoms with E-state index >= 15 is 0 Å². The molecule has 2 aromatic carbocycles. The van der Waals surface area contributed by atoms with Crippen LogP contribution in [0.5, 0.6) is 5.75 Å². The first-order valence-electron chi connectivity index (χ1n) is 7.78. The number of likely N-dealkylation sites (tertiary alicyclic amines) is 1. The number of hydrogen-bond donors (Lipinski definition) is 1. The monoisotopic (exact) mass is 335 g/mol. The third-order valence-corrected chi connectivity index (χ3v) is 5.32. The molecule has 23 heavy (non-hydrogen) atoms. The van der Waals surface area contributed by atoms with Gasteiger partial charge in [0.05, 0.1) is 11.5 Å². The highest BCUT2D eigenvalue weighted by Crippen LogP contribution is 2.24. The van der Waals surface area contributed by atoms with Crippen LogP contribution in [0.1, 0.15) is 19.3 Å². The zero-order valence-electron chi connectivity index (χ0n) is 13.1. The number of ether oxygens (including phenoxy) is 1. The van der Waals surface area contributed by atoms with Gasteiger partial charge in [0.2, 0.25) is 0 Å². The van der Waals surface area contributed by atoms with Crippen molar-refractivity contribution in [3.05, 3.63) is 36.4 Å². The van der Waals surface area contributed by atoms with E-state index in [1.165, 1.54) is 25.0 Å². The average molecular weight is 335 g/mol. The molecule has 5 nitrogen and oxygen atoms in total. The van der Waals surface area contributed by atoms with Gasteiger partial charge in [-0.05, 0) is 67.9 Å². The molecule has 124 valence electrons. The molecule has 6 heteroatoms. The van der Waals surface area contributed by atoms with Crippen molar-refractivity contribution < 1.29 is 17.7 Å². The van der Waals surface area contributed by atoms with Crippen molar-refractivity contribution in [3.63, 3.8) is 0 Å². The second-order valence-corrected chi connectivity index (χ2v) is 7.48. The Balaban J connectivity index is 1.71. The fourth-order valence-corrected chi connectivity index (χ4v) is 3.63. The van der Waals surface area contributed by atoms with Crippen molar-refractivity contribution in [3.8, 4) is 5.75 Å². The van der Waals surface area contributed by atoms with E-state index in [9.17, 15) is 8.42 Å². The minimum absolute atomic E-state index is 0.102. The lowest BCUT2D eigenvalue weighted by molar-refractivity contribution is 0.233. The number of fused-ring (bicyclic) bond motifs is 1. The molecule has 1 aliphatic heterocycles. The molecule has 0 saturated carbocycles. The first-order chi connectivity index (χ1) is 10.9. The highest BCUT2D eigenvalue weighted by molar-refractivity contribution is 7.85. The van der Waals surface area contributed by atoms with E-state index in [1.807, 2.05) is 18.2 Å². The minimum atomic E-state index is -4.19. The van der Waals surface area contributed by atoms with E-state index in [1.54, 1.807) is 6.07 Å². The summed E-state index contributed by atoms with van der Waals surface area (Å²) in [5.74, 6) is 0.714. The van der Waals surface area contributed by atoms with Crippen molar-refractivity contribution in [2.75, 3.05) is 20.2 Å². The van der Waals surface area contributed by atoms with Crippen molar-refractivity contribution >= 4 is 20.9 Å². The standard InChI is InChI=1S/C17H21NO4S/c1-18-9-2-3-15(18)8-10-22-16-6-4-13-5-7-17(23(19,20)21)12-14(13)11-16/h4-7,11-12,15H,2-3,8-10H2,1H3,(H,19,20,21). The van der Waals surface area contributed by atoms with Gasteiger partial charge in [0.1, 0.15) is 5.75 Å². The smallest absolute Gasteiger partial charge is 0.294 e. The fourth-order valence-electron chi connectivity index (χ4n) is 3.11. The Labute approximate surface area is 136 Å². The van der Waals surface area contributed by atoms with Crippen LogP contribution in [-0.4, -0.2) is 44.1 Å². The highest BCUT2D eigenvalue weighted by Gasteiger charge is 2.20. The van der Waals surface area contributed by atoms with E-state index in [4.69, 9.17) is 9.29 Å². The Morgan fingerprint density at radius 3 is 2.70 bits per heavy atom. The van der Waals surface area contributed by atoms with Gasteiger partial charge in [-0.2, -0.15) is 8.42 Å². The summed E-state index contributed by atoms with van der Waals surface area (Å²) in [5.41, 5.74) is 0. The number of nitrogens with zero attached hydrogens (tertiary/aromatic N) is 1. The van der Waals surface area contributed by atoms with E-state index in [2.05, 4.69) is 11.9 Å². The van der Waals surface area contributed by atoms with E-state index in [0.717, 1.165) is 23.7 Å². The zero-order valence-corrected chi connectivity index (χ0v) is 13.9. The molecule has 3 rings (SSSR count). The van der Waals surface area contributed by atoms with Crippen molar-refractivity contribution in [1.82, 2.24) is 4.90 Å². The second kappa shape index (κ2) is 6.47. The third-order valence-electron chi connectivity index (χ3n) is 4.47. The molecule has 1 heterocycles. The van der Waals surface area contributed by atoms with E-state index in [0.29, 0.717) is 18.4 Å². The van der Waals surface area contributed by atoms with Crippen LogP contribution in [-0.2, 0) is 10.1 Å². The summed E-state index contributed by atoms with van der Waals surface area (Å²) >= 11 is 0. The average Bonchev–Trinajstić information content (AvgIpc) is 2.91. The van der Waals surface area contributed by atoms with Gasteiger partial charge in [-0.1, -0.05) is 12.1 Å². The molecular formula is C17H21NO4S. The Bertz CT molecular complexity index is 803. The SMILES string of the molecule is CN1CCCC1CCOc1ccc2ccc(S(=O)(=O)O)cc2c1. The normalized spacial score (nSPS) is 19.3. The first kappa shape index (κ1) is 16.2. The maximum absolute atomic E-state index is 11.2. The molecule has 1 unspecified atom stereocenters. The molecule has 0 spiro atoms. The zero-order chi connectivity index (χ0) is 16.4. The van der Waals surface area contributed by atoms with Crippen LogP contribution < -0.4 is 4.74 Å². The predicted octanol–water partition coefficient (Wildman–Crippen LogP) is 2.95. The minimum Gasteiger partial charge on any atom is -0.494 e. The van der Waals surface area contributed by atoms with Gasteiger partial charge < -0.3 is 9.64 Å². The fraction of sp³-hybridized carbons (Fsp3) is 0.412. The second-order valence-electron chi connectivity index (χ2n) is 6.06. The summed E-state index contributed by atoms with van der Waals surface area (Å²) < 4.78 is 37.4. The Hall–Kier alpha value is -1.63. The van der Waals surface area contributed by atoms with Crippen molar-refractivity contribution in [1.29, 1.82) is 0 Å². The van der Waals surface area contributed by atoms with Gasteiger partial charge in [-0.3, -0.25) is 4.55 Å². The molecule has 0 aromatic heterocycles. The molecule has 0 bridgehead atoms. The molecule has 1 fully saturated rings. The van der Waals surface area contributed by atoms with Gasteiger partial charge in [0.15, 0.2) is 0 Å². The Morgan fingerprint density at radius 1 is 1.22 bits per heavy atom. The molecule has 1 atom stereocenters. The lowest BCUT2D eigenvalue weighted by Gasteiger charge is -2.19. The Morgan fingerprint density at radius 2 is 2.00 bits per heavy atom. The molecule has 0 aliphatic carbocycles. The molecule has 1 aliphatic rings. The summed E-state index contributed by atoms with van der Waals surface area (Å²) in [6.45, 7) is 1.79. The summed E-state index contributed by atoms with van der Waals surface area (Å²) in [6, 6.07) is 10.7. The largest absolute Gasteiger partial charge is 0.494 e. The van der Waals surface area contributed by atoms with Gasteiger partial charge in [0, 0.05) is 6.04 Å². The maximum atomic E-state index is 11.2. The van der Waals surface area contributed by atoms with Gasteiger partial charge in [-0.25, -0.2) is 0 Å². The summed E-state index contributed by atoms with van der Waals surface area (Å²) in [6.07, 6.45) is 3.45. The van der Waals surface area contributed by atoms with E-state index < -0.39 is 10.1 Å². The molecule has 1 saturated heterocycles. The van der Waals surface area contributed by atoms with Crippen molar-refractivity contribution in [2.24, 2.45) is 0 Å². The quantitative estimate of drug-likeness (QED) is 0.851. The molecule has 0 amide bonds. The molecular weight excluding hydrogens is 314 g/mol. The third kappa shape index (κ3) is 3.83. The number of rotatable bonds is 5. The van der Waals surface area contributed by atoms with Crippen LogP contribution in [0.3, 0.4) is 0 Å². The van der Waals surface area contributed by atoms with Gasteiger partial charge >= 0.3 is 0 Å². The predicted molar refractivity (Wildman–Crippen MR) is 89.5 cm³/mol. The molecule has 2 aromatic rings. The summed E-state index contributed by atoms with van der Waals surface area (Å²) in [5, 5.41) is 1.64. The topological polar surface area (TPSA) is 66.8 Å². The lowest BCUT2D eigenvalue weighted by atomic mass is 10.1. The maximum Gasteiger partial charge on any atom is 0.294 e. The van der Waals surface area contributed by atoms with Crippen molar-refractivity contribution in [2.45, 2.75) is 30.2 Å². The van der Waals surface area contributed by atoms with Crippen LogP contribution in [0.25, 0.3) is 10.8 Å². The first-order valence-corrected chi connectivity index (χ1v) is 9.22.